The number of hydrogen-bond donors (Lipinski definition) is 1. The molecule has 4 heteroatoms. The molecule has 19 heavy (non-hydrogen) atoms. The van der Waals surface area contributed by atoms with Gasteiger partial charge in [-0.3, -0.25) is 0 Å². The molecule has 0 aliphatic rings. The number of rotatable bonds is 7. The van der Waals surface area contributed by atoms with Gasteiger partial charge < -0.3 is 9.84 Å². The fourth-order valence-electron chi connectivity index (χ4n) is 1.58. The Morgan fingerprint density at radius 3 is 2.79 bits per heavy atom. The van der Waals surface area contributed by atoms with E-state index in [4.69, 9.17) is 21.4 Å². The van der Waals surface area contributed by atoms with Crippen LogP contribution in [-0.2, 0) is 4.79 Å². The number of ether oxygens (including phenoxy) is 1. The standard InChI is InChI=1S/C15H19ClO3/c1-11(2)4-3-9-19-14-7-5-12(10-13(14)16)6-8-15(17)18/h5-8,10-11H,3-4,9H2,1-2H3,(H,17,18)/b8-6+. The molecule has 0 atom stereocenters. The maximum absolute atomic E-state index is 10.4. The summed E-state index contributed by atoms with van der Waals surface area (Å²) in [6, 6.07) is 5.24. The van der Waals surface area contributed by atoms with Crippen molar-refractivity contribution in [2.45, 2.75) is 26.7 Å². The molecule has 0 saturated heterocycles. The van der Waals surface area contributed by atoms with E-state index in [0.29, 0.717) is 23.3 Å². The monoisotopic (exact) mass is 282 g/mol. The van der Waals surface area contributed by atoms with Gasteiger partial charge in [-0.1, -0.05) is 31.5 Å². The lowest BCUT2D eigenvalue weighted by Gasteiger charge is -2.09. The second-order valence-corrected chi connectivity index (χ2v) is 5.15. The van der Waals surface area contributed by atoms with Crippen LogP contribution >= 0.6 is 11.6 Å². The van der Waals surface area contributed by atoms with Crippen LogP contribution in [0.4, 0.5) is 0 Å². The normalized spacial score (nSPS) is 11.2. The Balaban J connectivity index is 2.55. The number of carbonyl (C=O) groups is 1. The van der Waals surface area contributed by atoms with Crippen molar-refractivity contribution in [1.82, 2.24) is 0 Å². The van der Waals surface area contributed by atoms with Crippen molar-refractivity contribution in [2.75, 3.05) is 6.61 Å². The van der Waals surface area contributed by atoms with Crippen molar-refractivity contribution < 1.29 is 14.6 Å². The van der Waals surface area contributed by atoms with E-state index in [1.807, 2.05) is 0 Å². The second-order valence-electron chi connectivity index (χ2n) is 4.75. The first kappa shape index (κ1) is 15.6. The Hall–Kier alpha value is -1.48. The molecule has 0 aliphatic heterocycles. The number of carboxylic acids is 1. The molecule has 0 unspecified atom stereocenters. The van der Waals surface area contributed by atoms with Gasteiger partial charge in [0.15, 0.2) is 0 Å². The minimum Gasteiger partial charge on any atom is -0.492 e. The lowest BCUT2D eigenvalue weighted by molar-refractivity contribution is -0.131. The molecule has 0 amide bonds. The fraction of sp³-hybridized carbons (Fsp3) is 0.400. The van der Waals surface area contributed by atoms with Crippen molar-refractivity contribution in [3.8, 4) is 5.75 Å². The van der Waals surface area contributed by atoms with Gasteiger partial charge in [0.25, 0.3) is 0 Å². The van der Waals surface area contributed by atoms with Crippen molar-refractivity contribution in [2.24, 2.45) is 5.92 Å². The average molecular weight is 283 g/mol. The molecule has 0 bridgehead atoms. The third-order valence-electron chi connectivity index (χ3n) is 2.56. The van der Waals surface area contributed by atoms with Gasteiger partial charge in [0.2, 0.25) is 0 Å². The molecule has 1 aromatic carbocycles. The summed E-state index contributed by atoms with van der Waals surface area (Å²) in [4.78, 5) is 10.4. The van der Waals surface area contributed by atoms with E-state index in [1.54, 1.807) is 18.2 Å². The summed E-state index contributed by atoms with van der Waals surface area (Å²) in [5.41, 5.74) is 0.738. The van der Waals surface area contributed by atoms with E-state index in [0.717, 1.165) is 24.5 Å². The highest BCUT2D eigenvalue weighted by Gasteiger charge is 2.02. The summed E-state index contributed by atoms with van der Waals surface area (Å²) in [5.74, 6) is 0.325. The van der Waals surface area contributed by atoms with Crippen LogP contribution in [0.1, 0.15) is 32.3 Å². The van der Waals surface area contributed by atoms with E-state index >= 15 is 0 Å². The van der Waals surface area contributed by atoms with Crippen LogP contribution in [0.25, 0.3) is 6.08 Å². The second kappa shape index (κ2) is 7.85. The first-order valence-corrected chi connectivity index (χ1v) is 6.70. The first-order valence-electron chi connectivity index (χ1n) is 6.32. The van der Waals surface area contributed by atoms with Crippen LogP contribution in [0.15, 0.2) is 24.3 Å². The number of benzene rings is 1. The van der Waals surface area contributed by atoms with Crippen molar-refractivity contribution in [1.29, 1.82) is 0 Å². The van der Waals surface area contributed by atoms with E-state index < -0.39 is 5.97 Å². The van der Waals surface area contributed by atoms with Crippen LogP contribution in [-0.4, -0.2) is 17.7 Å². The first-order chi connectivity index (χ1) is 8.99. The molecular weight excluding hydrogens is 264 g/mol. The smallest absolute Gasteiger partial charge is 0.328 e. The summed E-state index contributed by atoms with van der Waals surface area (Å²) in [6.45, 7) is 5.00. The Morgan fingerprint density at radius 1 is 1.47 bits per heavy atom. The number of aliphatic carboxylic acids is 1. The molecule has 1 rings (SSSR count). The molecule has 104 valence electrons. The van der Waals surface area contributed by atoms with Gasteiger partial charge in [0, 0.05) is 6.08 Å². The predicted octanol–water partition coefficient (Wildman–Crippen LogP) is 4.25. The number of halogens is 1. The number of carboxylic acid groups (broad SMARTS) is 1. The number of hydrogen-bond acceptors (Lipinski definition) is 2. The van der Waals surface area contributed by atoms with Gasteiger partial charge in [-0.25, -0.2) is 4.79 Å². The zero-order valence-electron chi connectivity index (χ0n) is 11.2. The topological polar surface area (TPSA) is 46.5 Å². The van der Waals surface area contributed by atoms with Gasteiger partial charge in [-0.15, -0.1) is 0 Å². The van der Waals surface area contributed by atoms with Gasteiger partial charge >= 0.3 is 5.97 Å². The van der Waals surface area contributed by atoms with Gasteiger partial charge in [-0.05, 0) is 42.5 Å². The molecule has 0 fully saturated rings. The molecule has 1 aromatic rings. The van der Waals surface area contributed by atoms with Crippen LogP contribution in [0.3, 0.4) is 0 Å². The lowest BCUT2D eigenvalue weighted by Crippen LogP contribution is -2.00. The molecule has 3 nitrogen and oxygen atoms in total. The zero-order chi connectivity index (χ0) is 14.3. The molecule has 0 saturated carbocycles. The Labute approximate surface area is 118 Å². The highest BCUT2D eigenvalue weighted by molar-refractivity contribution is 6.32. The Kier molecular flexibility index (Phi) is 6.43. The summed E-state index contributed by atoms with van der Waals surface area (Å²) in [5, 5.41) is 9.04. The van der Waals surface area contributed by atoms with E-state index in [1.165, 1.54) is 6.08 Å². The Bertz CT molecular complexity index is 453. The van der Waals surface area contributed by atoms with E-state index in [-0.39, 0.29) is 0 Å². The van der Waals surface area contributed by atoms with Crippen molar-refractivity contribution in [3.63, 3.8) is 0 Å². The molecule has 0 spiro atoms. The van der Waals surface area contributed by atoms with Crippen LogP contribution in [0.5, 0.6) is 5.75 Å². The van der Waals surface area contributed by atoms with Crippen molar-refractivity contribution in [3.05, 3.63) is 34.9 Å². The average Bonchev–Trinajstić information content (AvgIpc) is 2.33. The largest absolute Gasteiger partial charge is 0.492 e. The van der Waals surface area contributed by atoms with E-state index in [9.17, 15) is 4.79 Å². The van der Waals surface area contributed by atoms with Crippen LogP contribution in [0, 0.1) is 5.92 Å². The van der Waals surface area contributed by atoms with Gasteiger partial charge in [0.05, 0.1) is 11.6 Å². The van der Waals surface area contributed by atoms with Crippen LogP contribution < -0.4 is 4.74 Å². The summed E-state index contributed by atoms with van der Waals surface area (Å²) >= 11 is 6.08. The third-order valence-corrected chi connectivity index (χ3v) is 2.85. The maximum atomic E-state index is 10.4. The minimum absolute atomic E-state index is 0.497. The highest BCUT2D eigenvalue weighted by Crippen LogP contribution is 2.26. The molecule has 0 heterocycles. The zero-order valence-corrected chi connectivity index (χ0v) is 12.0. The Morgan fingerprint density at radius 2 is 2.21 bits per heavy atom. The summed E-state index contributed by atoms with van der Waals surface area (Å²) < 4.78 is 5.60. The summed E-state index contributed by atoms with van der Waals surface area (Å²) in [7, 11) is 0. The highest BCUT2D eigenvalue weighted by atomic mass is 35.5. The molecule has 0 aliphatic carbocycles. The van der Waals surface area contributed by atoms with E-state index in [2.05, 4.69) is 13.8 Å². The predicted molar refractivity (Wildman–Crippen MR) is 77.7 cm³/mol. The maximum Gasteiger partial charge on any atom is 0.328 e. The molecule has 1 N–H and O–H groups in total. The van der Waals surface area contributed by atoms with Crippen LogP contribution in [0.2, 0.25) is 5.02 Å². The lowest BCUT2D eigenvalue weighted by atomic mass is 10.1. The molecule has 0 radical (unpaired) electrons. The van der Waals surface area contributed by atoms with Gasteiger partial charge in [0.1, 0.15) is 5.75 Å². The quantitative estimate of drug-likeness (QED) is 0.600. The minimum atomic E-state index is -0.981. The summed E-state index contributed by atoms with van der Waals surface area (Å²) in [6.07, 6.45) is 4.69. The van der Waals surface area contributed by atoms with Crippen molar-refractivity contribution >= 4 is 23.6 Å². The third kappa shape index (κ3) is 6.30. The van der Waals surface area contributed by atoms with Gasteiger partial charge in [-0.2, -0.15) is 0 Å². The molecule has 0 aromatic heterocycles. The molecular formula is C15H19ClO3. The fourth-order valence-corrected chi connectivity index (χ4v) is 1.82. The SMILES string of the molecule is CC(C)CCCOc1ccc(/C=C/C(=O)O)cc1Cl.